The van der Waals surface area contributed by atoms with Gasteiger partial charge < -0.3 is 19.4 Å². The van der Waals surface area contributed by atoms with Crippen LogP contribution in [0.4, 0.5) is 11.4 Å². The van der Waals surface area contributed by atoms with E-state index < -0.39 is 60.6 Å². The van der Waals surface area contributed by atoms with E-state index in [1.807, 2.05) is 36.4 Å². The number of non-ortho nitro benzene ring substituents is 1. The number of carbonyl (C=O) groups excluding carboxylic acids is 2. The van der Waals surface area contributed by atoms with Crippen molar-refractivity contribution in [3.63, 3.8) is 0 Å². The van der Waals surface area contributed by atoms with Crippen LogP contribution in [0.5, 0.6) is 5.75 Å². The number of amides is 2. The summed E-state index contributed by atoms with van der Waals surface area (Å²) in [7, 11) is -3.09. The molecule has 4 aromatic rings. The molecule has 7 rings (SSSR count). The molecule has 3 aliphatic rings. The number of hydrogen-bond acceptors (Lipinski definition) is 8. The van der Waals surface area contributed by atoms with Crippen LogP contribution in [0.15, 0.2) is 108 Å². The number of hydrogen-bond donors (Lipinski definition) is 2. The largest absolute Gasteiger partial charge is 0.508 e. The molecule has 1 aliphatic carbocycles. The molecule has 0 radical (unpaired) electrons. The maximum Gasteiger partial charge on any atom is 0.271 e. The third-order valence-electron chi connectivity index (χ3n) is 10.9. The van der Waals surface area contributed by atoms with Crippen molar-refractivity contribution in [3.8, 4) is 5.75 Å². The van der Waals surface area contributed by atoms with Crippen molar-refractivity contribution in [3.05, 3.63) is 123 Å². The Hall–Kier alpha value is -4.20. The number of imide groups is 1. The van der Waals surface area contributed by atoms with Gasteiger partial charge in [-0.05, 0) is 52.5 Å². The first kappa shape index (κ1) is 35.2. The molecule has 2 N–H and O–H groups in total. The molecule has 6 atom stereocenters. The molecular weight excluding hydrogens is 732 g/mol. The summed E-state index contributed by atoms with van der Waals surface area (Å²) in [5.74, 6) is -6.30. The van der Waals surface area contributed by atoms with Gasteiger partial charge in [0.25, 0.3) is 14.0 Å². The Labute approximate surface area is 305 Å². The fourth-order valence-corrected chi connectivity index (χ4v) is 13.6. The van der Waals surface area contributed by atoms with Crippen molar-refractivity contribution in [1.29, 1.82) is 0 Å². The number of ether oxygens (including phenoxy) is 1. The fourth-order valence-electron chi connectivity index (χ4n) is 8.64. The summed E-state index contributed by atoms with van der Waals surface area (Å²) < 4.78 is 14.6. The van der Waals surface area contributed by atoms with Crippen molar-refractivity contribution in [1.82, 2.24) is 0 Å². The van der Waals surface area contributed by atoms with Gasteiger partial charge in [-0.2, -0.15) is 0 Å². The van der Waals surface area contributed by atoms with E-state index in [1.54, 1.807) is 12.1 Å². The number of nitro groups is 1. The average molecular weight is 772 g/mol. The maximum atomic E-state index is 14.3. The first-order chi connectivity index (χ1) is 24.3. The second kappa shape index (κ2) is 13.1. The molecular formula is C39H39BrN2O8Si. The Morgan fingerprint density at radius 1 is 0.941 bits per heavy atom. The lowest BCUT2D eigenvalue weighted by atomic mass is 9.64. The van der Waals surface area contributed by atoms with E-state index in [9.17, 15) is 29.9 Å². The van der Waals surface area contributed by atoms with E-state index in [0.717, 1.165) is 15.3 Å². The number of phenols is 1. The second-order valence-corrected chi connectivity index (χ2v) is 20.0. The lowest BCUT2D eigenvalue weighted by Crippen LogP contribution is -2.67. The summed E-state index contributed by atoms with van der Waals surface area (Å²) in [6.45, 7) is 6.49. The number of carbonyl (C=O) groups is 2. The summed E-state index contributed by atoms with van der Waals surface area (Å²) >= 11 is 3.47. The van der Waals surface area contributed by atoms with Crippen molar-refractivity contribution in [2.75, 3.05) is 11.5 Å². The molecule has 2 saturated heterocycles. The molecule has 2 heterocycles. The van der Waals surface area contributed by atoms with E-state index >= 15 is 0 Å². The summed E-state index contributed by atoms with van der Waals surface area (Å²) in [6.07, 6.45) is -0.552. The SMILES string of the molecule is CC(C)(C)[Si](OC[C@H]1C[C@@H]2C(=O)N(c3cccc([N+](=O)[O-])c3)C(=O)[C@@H]2[C@@H]2C[C@@H](c3cc(Br)ccc3O)O[C@]12O)(c1ccccc1)c1ccccc1. The van der Waals surface area contributed by atoms with Gasteiger partial charge in [0, 0.05) is 40.6 Å². The second-order valence-electron chi connectivity index (χ2n) is 14.7. The highest BCUT2D eigenvalue weighted by Gasteiger charge is 2.67. The van der Waals surface area contributed by atoms with Gasteiger partial charge in [0.15, 0.2) is 5.79 Å². The van der Waals surface area contributed by atoms with E-state index in [1.165, 1.54) is 30.3 Å². The van der Waals surface area contributed by atoms with Crippen LogP contribution >= 0.6 is 15.9 Å². The van der Waals surface area contributed by atoms with Crippen LogP contribution in [0.25, 0.3) is 0 Å². The number of anilines is 1. The quantitative estimate of drug-likeness (QED) is 0.0931. The number of nitrogens with zero attached hydrogens (tertiary/aromatic N) is 2. The topological polar surface area (TPSA) is 139 Å². The normalized spacial score (nSPS) is 26.2. The van der Waals surface area contributed by atoms with E-state index in [2.05, 4.69) is 61.0 Å². The first-order valence-electron chi connectivity index (χ1n) is 17.0. The van der Waals surface area contributed by atoms with Crippen molar-refractivity contribution >= 4 is 57.8 Å². The Morgan fingerprint density at radius 2 is 1.59 bits per heavy atom. The molecule has 0 aromatic heterocycles. The molecule has 264 valence electrons. The maximum absolute atomic E-state index is 14.3. The van der Waals surface area contributed by atoms with Gasteiger partial charge in [0.2, 0.25) is 11.8 Å². The average Bonchev–Trinajstić information content (AvgIpc) is 3.59. The van der Waals surface area contributed by atoms with E-state index in [-0.39, 0.29) is 41.6 Å². The molecule has 0 unspecified atom stereocenters. The number of phenolic OH excluding ortho intramolecular Hbond substituents is 1. The molecule has 2 aliphatic heterocycles. The molecule has 10 nitrogen and oxygen atoms in total. The molecule has 0 spiro atoms. The van der Waals surface area contributed by atoms with Crippen LogP contribution in [0.3, 0.4) is 0 Å². The number of rotatable bonds is 8. The summed E-state index contributed by atoms with van der Waals surface area (Å²) in [5, 5.41) is 37.0. The van der Waals surface area contributed by atoms with Gasteiger partial charge in [-0.3, -0.25) is 19.7 Å². The number of aromatic hydroxyl groups is 1. The summed E-state index contributed by atoms with van der Waals surface area (Å²) in [5.41, 5.74) is 0.311. The number of benzene rings is 4. The zero-order valence-electron chi connectivity index (χ0n) is 28.4. The molecule has 51 heavy (non-hydrogen) atoms. The van der Waals surface area contributed by atoms with Crippen LogP contribution in [-0.2, 0) is 18.8 Å². The lowest BCUT2D eigenvalue weighted by molar-refractivity contribution is -0.384. The minimum atomic E-state index is -3.09. The van der Waals surface area contributed by atoms with Gasteiger partial charge >= 0.3 is 0 Å². The Morgan fingerprint density at radius 3 is 2.20 bits per heavy atom. The zero-order chi connectivity index (χ0) is 36.3. The summed E-state index contributed by atoms with van der Waals surface area (Å²) in [6, 6.07) is 30.6. The minimum Gasteiger partial charge on any atom is -0.508 e. The lowest BCUT2D eigenvalue weighted by Gasteiger charge is -2.48. The van der Waals surface area contributed by atoms with Crippen LogP contribution < -0.4 is 15.3 Å². The predicted octanol–water partition coefficient (Wildman–Crippen LogP) is 6.23. The van der Waals surface area contributed by atoms with Crippen LogP contribution in [0.2, 0.25) is 5.04 Å². The standard InChI is InChI=1S/C39H39BrN2O8Si/c1-38(2,3)51(28-13-6-4-7-14-28,29-15-8-5-9-16-29)49-23-24-19-31-35(37(45)41(36(31)44)26-11-10-12-27(21-26)42(47)48)32-22-34(50-39(24,32)46)30-20-25(40)17-18-33(30)43/h4-18,20-21,24,31-32,34-35,43,46H,19,22-23H2,1-3H3/t24-,31+,32+,34+,35+,39-/m1/s1. The van der Waals surface area contributed by atoms with Crippen molar-refractivity contribution in [2.45, 2.75) is 50.5 Å². The fraction of sp³-hybridized carbons (Fsp3) is 0.333. The third-order valence-corrected chi connectivity index (χ3v) is 16.4. The van der Waals surface area contributed by atoms with E-state index in [0.29, 0.717) is 10.0 Å². The Kier molecular flexibility index (Phi) is 9.04. The minimum absolute atomic E-state index is 0.0193. The van der Waals surface area contributed by atoms with Gasteiger partial charge in [-0.15, -0.1) is 0 Å². The molecule has 1 saturated carbocycles. The molecule has 4 aromatic carbocycles. The number of halogens is 1. The highest BCUT2D eigenvalue weighted by Crippen LogP contribution is 2.59. The van der Waals surface area contributed by atoms with Gasteiger partial charge in [0.1, 0.15) is 5.75 Å². The third kappa shape index (κ3) is 5.83. The Balaban J connectivity index is 1.32. The molecule has 0 bridgehead atoms. The van der Waals surface area contributed by atoms with Crippen molar-refractivity contribution in [2.24, 2.45) is 23.7 Å². The number of aliphatic hydroxyl groups is 1. The highest BCUT2D eigenvalue weighted by molar-refractivity contribution is 9.10. The zero-order valence-corrected chi connectivity index (χ0v) is 31.0. The predicted molar refractivity (Wildman–Crippen MR) is 197 cm³/mol. The Bertz CT molecular complexity index is 1950. The smallest absolute Gasteiger partial charge is 0.271 e. The first-order valence-corrected chi connectivity index (χ1v) is 19.7. The van der Waals surface area contributed by atoms with Gasteiger partial charge in [-0.25, -0.2) is 4.90 Å². The van der Waals surface area contributed by atoms with Gasteiger partial charge in [0.05, 0.1) is 28.6 Å². The van der Waals surface area contributed by atoms with Crippen LogP contribution in [-0.4, -0.2) is 47.7 Å². The van der Waals surface area contributed by atoms with Crippen LogP contribution in [0.1, 0.15) is 45.3 Å². The summed E-state index contributed by atoms with van der Waals surface area (Å²) in [4.78, 5) is 40.6. The highest BCUT2D eigenvalue weighted by atomic mass is 79.9. The molecule has 12 heteroatoms. The molecule has 3 fully saturated rings. The number of fused-ring (bicyclic) bond motifs is 3. The number of nitro benzene ring substituents is 1. The van der Waals surface area contributed by atoms with Crippen LogP contribution in [0, 0.1) is 33.8 Å². The van der Waals surface area contributed by atoms with E-state index in [4.69, 9.17) is 9.16 Å². The van der Waals surface area contributed by atoms with Gasteiger partial charge in [-0.1, -0.05) is 103 Å². The van der Waals surface area contributed by atoms with Crippen molar-refractivity contribution < 1.29 is 33.9 Å². The molecule has 2 amide bonds. The monoisotopic (exact) mass is 770 g/mol.